The smallest absolute Gasteiger partial charge is 0.411 e. The van der Waals surface area contributed by atoms with Crippen LogP contribution in [0.1, 0.15) is 23.1 Å². The maximum atomic E-state index is 13.1. The minimum atomic E-state index is -0.984. The Balaban J connectivity index is 1.78. The van der Waals surface area contributed by atoms with Gasteiger partial charge in [0.2, 0.25) is 5.91 Å². The SMILES string of the molecule is C#CC[C@H](NC(=O)[C@@H]1Cc2ccccc2CN1C(=O)OCc1ccccc1)C(=O)OC. The quantitative estimate of drug-likeness (QED) is 0.573. The van der Waals surface area contributed by atoms with Gasteiger partial charge in [-0.1, -0.05) is 54.6 Å². The molecule has 1 aliphatic heterocycles. The van der Waals surface area contributed by atoms with Gasteiger partial charge in [-0.25, -0.2) is 9.59 Å². The van der Waals surface area contributed by atoms with Gasteiger partial charge in [-0.2, -0.15) is 0 Å². The van der Waals surface area contributed by atoms with E-state index in [-0.39, 0.29) is 19.6 Å². The summed E-state index contributed by atoms with van der Waals surface area (Å²) in [4.78, 5) is 39.3. The van der Waals surface area contributed by atoms with Crippen molar-refractivity contribution in [1.82, 2.24) is 10.2 Å². The number of terminal acetylenes is 1. The lowest BCUT2D eigenvalue weighted by Crippen LogP contribution is -2.55. The zero-order chi connectivity index (χ0) is 22.2. The van der Waals surface area contributed by atoms with Crippen LogP contribution >= 0.6 is 0 Å². The molecule has 160 valence electrons. The molecule has 7 nitrogen and oxygen atoms in total. The first-order chi connectivity index (χ1) is 15.0. The number of ether oxygens (including phenoxy) is 2. The Kier molecular flexibility index (Phi) is 7.28. The lowest BCUT2D eigenvalue weighted by Gasteiger charge is -2.35. The Morgan fingerprint density at radius 1 is 1.13 bits per heavy atom. The Labute approximate surface area is 181 Å². The summed E-state index contributed by atoms with van der Waals surface area (Å²) in [6.07, 6.45) is 4.99. The molecule has 0 unspecified atom stereocenters. The van der Waals surface area contributed by atoms with Crippen LogP contribution in [0.2, 0.25) is 0 Å². The summed E-state index contributed by atoms with van der Waals surface area (Å²) in [5, 5.41) is 2.62. The van der Waals surface area contributed by atoms with Crippen LogP contribution < -0.4 is 5.32 Å². The van der Waals surface area contributed by atoms with Crippen LogP contribution in [0.25, 0.3) is 0 Å². The third kappa shape index (κ3) is 5.43. The number of methoxy groups -OCH3 is 1. The van der Waals surface area contributed by atoms with E-state index in [0.717, 1.165) is 16.7 Å². The highest BCUT2D eigenvalue weighted by molar-refractivity contribution is 5.90. The van der Waals surface area contributed by atoms with Crippen molar-refractivity contribution in [2.24, 2.45) is 0 Å². The second kappa shape index (κ2) is 10.3. The summed E-state index contributed by atoms with van der Waals surface area (Å²) in [5.74, 6) is 1.23. The standard InChI is InChI=1S/C24H24N2O5/c1-3-9-20(23(28)30-2)25-22(27)21-14-18-12-7-8-13-19(18)15-26(21)24(29)31-16-17-10-5-4-6-11-17/h1,4-8,10-13,20-21H,9,14-16H2,2H3,(H,25,27)/t20-,21-/m0/s1. The van der Waals surface area contributed by atoms with Crippen LogP contribution in [0.3, 0.4) is 0 Å². The fraction of sp³-hybridized carbons (Fsp3) is 0.292. The van der Waals surface area contributed by atoms with Gasteiger partial charge in [-0.3, -0.25) is 9.69 Å². The number of hydrogen-bond acceptors (Lipinski definition) is 5. The van der Waals surface area contributed by atoms with Gasteiger partial charge >= 0.3 is 12.1 Å². The molecule has 2 aromatic rings. The van der Waals surface area contributed by atoms with E-state index in [2.05, 4.69) is 11.2 Å². The summed E-state index contributed by atoms with van der Waals surface area (Å²) in [7, 11) is 1.22. The van der Waals surface area contributed by atoms with Crippen LogP contribution in [-0.2, 0) is 38.6 Å². The van der Waals surface area contributed by atoms with Crippen molar-refractivity contribution in [2.45, 2.75) is 38.1 Å². The summed E-state index contributed by atoms with van der Waals surface area (Å²) in [5.41, 5.74) is 2.74. The van der Waals surface area contributed by atoms with Gasteiger partial charge in [0.25, 0.3) is 0 Å². The molecule has 0 bridgehead atoms. The molecule has 7 heteroatoms. The van der Waals surface area contributed by atoms with Crippen LogP contribution in [0.4, 0.5) is 4.79 Å². The maximum Gasteiger partial charge on any atom is 0.411 e. The van der Waals surface area contributed by atoms with Crippen LogP contribution in [0.5, 0.6) is 0 Å². The number of carbonyl (C=O) groups excluding carboxylic acids is 3. The number of nitrogens with zero attached hydrogens (tertiary/aromatic N) is 1. The van der Waals surface area contributed by atoms with Gasteiger partial charge in [-0.05, 0) is 16.7 Å². The Morgan fingerprint density at radius 2 is 1.81 bits per heavy atom. The average Bonchev–Trinajstić information content (AvgIpc) is 2.81. The first-order valence-electron chi connectivity index (χ1n) is 9.89. The lowest BCUT2D eigenvalue weighted by molar-refractivity contribution is -0.145. The van der Waals surface area contributed by atoms with Gasteiger partial charge < -0.3 is 14.8 Å². The third-order valence-electron chi connectivity index (χ3n) is 5.12. The highest BCUT2D eigenvalue weighted by Gasteiger charge is 2.37. The highest BCUT2D eigenvalue weighted by Crippen LogP contribution is 2.24. The molecule has 0 aliphatic carbocycles. The number of rotatable bonds is 6. The topological polar surface area (TPSA) is 84.9 Å². The molecule has 0 radical (unpaired) electrons. The predicted octanol–water partition coefficient (Wildman–Crippen LogP) is 2.43. The maximum absolute atomic E-state index is 13.1. The van der Waals surface area contributed by atoms with Crippen molar-refractivity contribution >= 4 is 18.0 Å². The van der Waals surface area contributed by atoms with Gasteiger partial charge in [0.15, 0.2) is 0 Å². The molecule has 0 fully saturated rings. The molecule has 31 heavy (non-hydrogen) atoms. The second-order valence-electron chi connectivity index (χ2n) is 7.15. The average molecular weight is 420 g/mol. The summed E-state index contributed by atoms with van der Waals surface area (Å²) >= 11 is 0. The van der Waals surface area contributed by atoms with Gasteiger partial charge in [-0.15, -0.1) is 12.3 Å². The fourth-order valence-corrected chi connectivity index (χ4v) is 3.47. The number of nitrogens with one attached hydrogen (secondary N) is 1. The summed E-state index contributed by atoms with van der Waals surface area (Å²) in [6.45, 7) is 0.313. The van der Waals surface area contributed by atoms with Crippen LogP contribution in [0.15, 0.2) is 54.6 Å². The fourth-order valence-electron chi connectivity index (χ4n) is 3.47. The van der Waals surface area contributed by atoms with Crippen molar-refractivity contribution < 1.29 is 23.9 Å². The number of esters is 1. The van der Waals surface area contributed by atoms with Crippen molar-refractivity contribution in [2.75, 3.05) is 7.11 Å². The Hall–Kier alpha value is -3.79. The highest BCUT2D eigenvalue weighted by atomic mass is 16.6. The molecule has 2 amide bonds. The van der Waals surface area contributed by atoms with Gasteiger partial charge in [0, 0.05) is 12.8 Å². The van der Waals surface area contributed by atoms with Gasteiger partial charge in [0.1, 0.15) is 18.7 Å². The molecule has 2 aromatic carbocycles. The first-order valence-corrected chi connectivity index (χ1v) is 9.89. The molecule has 3 rings (SSSR count). The Bertz CT molecular complexity index is 983. The molecular weight excluding hydrogens is 396 g/mol. The van der Waals surface area contributed by atoms with E-state index in [4.69, 9.17) is 15.9 Å². The van der Waals surface area contributed by atoms with Crippen molar-refractivity contribution in [3.8, 4) is 12.3 Å². The molecule has 1 heterocycles. The van der Waals surface area contributed by atoms with E-state index in [1.54, 1.807) is 0 Å². The molecule has 0 saturated heterocycles. The summed E-state index contributed by atoms with van der Waals surface area (Å²) < 4.78 is 10.2. The normalized spacial score (nSPS) is 15.7. The van der Waals surface area contributed by atoms with Crippen molar-refractivity contribution in [1.29, 1.82) is 0 Å². The molecule has 2 atom stereocenters. The molecule has 0 saturated carbocycles. The molecule has 0 aromatic heterocycles. The zero-order valence-electron chi connectivity index (χ0n) is 17.2. The number of carbonyl (C=O) groups is 3. The minimum Gasteiger partial charge on any atom is -0.467 e. The molecular formula is C24H24N2O5. The van der Waals surface area contributed by atoms with Crippen LogP contribution in [-0.4, -0.2) is 42.1 Å². The Morgan fingerprint density at radius 3 is 2.48 bits per heavy atom. The molecule has 1 N–H and O–H groups in total. The van der Waals surface area contributed by atoms with Crippen molar-refractivity contribution in [3.05, 3.63) is 71.3 Å². The van der Waals surface area contributed by atoms with E-state index in [1.165, 1.54) is 12.0 Å². The van der Waals surface area contributed by atoms with E-state index < -0.39 is 30.1 Å². The summed E-state index contributed by atoms with van der Waals surface area (Å²) in [6, 6.07) is 15.1. The number of benzene rings is 2. The monoisotopic (exact) mass is 420 g/mol. The number of amides is 2. The van der Waals surface area contributed by atoms with E-state index in [1.807, 2.05) is 54.6 Å². The molecule has 0 spiro atoms. The molecule has 1 aliphatic rings. The first kappa shape index (κ1) is 21.9. The van der Waals surface area contributed by atoms with E-state index >= 15 is 0 Å². The number of hydrogen-bond donors (Lipinski definition) is 1. The van der Waals surface area contributed by atoms with E-state index in [9.17, 15) is 14.4 Å². The number of fused-ring (bicyclic) bond motifs is 1. The zero-order valence-corrected chi connectivity index (χ0v) is 17.2. The second-order valence-corrected chi connectivity index (χ2v) is 7.15. The lowest BCUT2D eigenvalue weighted by atomic mass is 9.93. The van der Waals surface area contributed by atoms with Gasteiger partial charge in [0.05, 0.1) is 13.7 Å². The minimum absolute atomic E-state index is 0.0137. The van der Waals surface area contributed by atoms with E-state index in [0.29, 0.717) is 6.42 Å². The predicted molar refractivity (Wildman–Crippen MR) is 114 cm³/mol. The largest absolute Gasteiger partial charge is 0.467 e. The third-order valence-corrected chi connectivity index (χ3v) is 5.12. The van der Waals surface area contributed by atoms with Crippen LogP contribution in [0, 0.1) is 12.3 Å². The van der Waals surface area contributed by atoms with Crippen molar-refractivity contribution in [3.63, 3.8) is 0 Å².